The van der Waals surface area contributed by atoms with Gasteiger partial charge in [0.2, 0.25) is 10.0 Å². The Morgan fingerprint density at radius 3 is 2.83 bits per heavy atom. The van der Waals surface area contributed by atoms with Crippen LogP contribution >= 0.6 is 0 Å². The molecule has 1 aliphatic heterocycles. The number of anilines is 2. The number of sulfonamides is 1. The number of nitrogens with one attached hydrogen (secondary N) is 1. The molecule has 120 valence electrons. The summed E-state index contributed by atoms with van der Waals surface area (Å²) in [5.41, 5.74) is 2.75. The van der Waals surface area contributed by atoms with E-state index < -0.39 is 10.0 Å². The summed E-state index contributed by atoms with van der Waals surface area (Å²) >= 11 is 0. The second-order valence-corrected chi connectivity index (χ2v) is 7.27. The second kappa shape index (κ2) is 6.00. The van der Waals surface area contributed by atoms with Gasteiger partial charge in [-0.1, -0.05) is 6.07 Å². The molecular weight excluding hydrogens is 314 g/mol. The van der Waals surface area contributed by atoms with Crippen LogP contribution in [-0.4, -0.2) is 32.1 Å². The van der Waals surface area contributed by atoms with E-state index in [1.165, 1.54) is 6.20 Å². The minimum Gasteiger partial charge on any atom is -0.308 e. The lowest BCUT2D eigenvalue weighted by Crippen LogP contribution is -2.35. The molecular formula is C16H17N3O3S. The Morgan fingerprint density at radius 2 is 2.13 bits per heavy atom. The average Bonchev–Trinajstić information content (AvgIpc) is 2.53. The fourth-order valence-electron chi connectivity index (χ4n) is 2.71. The number of carbonyl (C=O) groups excluding carboxylic acids is 1. The van der Waals surface area contributed by atoms with Crippen LogP contribution in [0.3, 0.4) is 0 Å². The molecule has 7 heteroatoms. The van der Waals surface area contributed by atoms with Gasteiger partial charge < -0.3 is 4.90 Å². The summed E-state index contributed by atoms with van der Waals surface area (Å²) < 4.78 is 25.3. The van der Waals surface area contributed by atoms with Crippen molar-refractivity contribution in [2.45, 2.75) is 12.8 Å². The molecule has 3 rings (SSSR count). The van der Waals surface area contributed by atoms with Crippen molar-refractivity contribution in [3.05, 3.63) is 53.9 Å². The summed E-state index contributed by atoms with van der Waals surface area (Å²) in [4.78, 5) is 18.4. The van der Waals surface area contributed by atoms with Gasteiger partial charge in [0.1, 0.15) is 0 Å². The summed E-state index contributed by atoms with van der Waals surface area (Å²) in [6, 6.07) is 8.75. The first-order valence-corrected chi connectivity index (χ1v) is 9.16. The first-order chi connectivity index (χ1) is 10.9. The van der Waals surface area contributed by atoms with Gasteiger partial charge in [-0.2, -0.15) is 0 Å². The van der Waals surface area contributed by atoms with E-state index in [0.717, 1.165) is 30.3 Å². The van der Waals surface area contributed by atoms with Crippen molar-refractivity contribution in [2.75, 3.05) is 22.4 Å². The zero-order valence-corrected chi connectivity index (χ0v) is 13.5. The number of aromatic nitrogens is 1. The van der Waals surface area contributed by atoms with E-state index in [2.05, 4.69) is 9.71 Å². The van der Waals surface area contributed by atoms with E-state index in [0.29, 0.717) is 17.8 Å². The molecule has 1 aromatic heterocycles. The van der Waals surface area contributed by atoms with Crippen LogP contribution in [0.1, 0.15) is 22.3 Å². The van der Waals surface area contributed by atoms with Crippen molar-refractivity contribution in [2.24, 2.45) is 0 Å². The number of aryl methyl sites for hydroxylation is 1. The highest BCUT2D eigenvalue weighted by molar-refractivity contribution is 7.92. The molecule has 23 heavy (non-hydrogen) atoms. The molecule has 2 heterocycles. The van der Waals surface area contributed by atoms with E-state index in [4.69, 9.17) is 0 Å². The van der Waals surface area contributed by atoms with Crippen LogP contribution in [0, 0.1) is 0 Å². The molecule has 1 aromatic carbocycles. The van der Waals surface area contributed by atoms with Gasteiger partial charge in [0, 0.05) is 24.6 Å². The molecule has 0 aliphatic carbocycles. The summed E-state index contributed by atoms with van der Waals surface area (Å²) in [6.07, 6.45) is 6.00. The predicted octanol–water partition coefficient (Wildman–Crippen LogP) is 2.05. The molecule has 0 atom stereocenters. The first-order valence-electron chi connectivity index (χ1n) is 7.27. The van der Waals surface area contributed by atoms with E-state index >= 15 is 0 Å². The van der Waals surface area contributed by atoms with Crippen molar-refractivity contribution < 1.29 is 13.2 Å². The van der Waals surface area contributed by atoms with Gasteiger partial charge >= 0.3 is 0 Å². The van der Waals surface area contributed by atoms with Crippen molar-refractivity contribution in [1.29, 1.82) is 0 Å². The Bertz CT molecular complexity index is 835. The highest BCUT2D eigenvalue weighted by Crippen LogP contribution is 2.31. The SMILES string of the molecule is CS(=O)(=O)Nc1ccc2c(c1)N(C(=O)c1cccnc1)CCC2. The van der Waals surface area contributed by atoms with Gasteiger partial charge in [-0.05, 0) is 42.7 Å². The average molecular weight is 331 g/mol. The molecule has 0 spiro atoms. The van der Waals surface area contributed by atoms with E-state index in [9.17, 15) is 13.2 Å². The molecule has 1 aliphatic rings. The standard InChI is InChI=1S/C16H17N3O3S/c1-23(21,22)18-14-7-6-12-5-3-9-19(15(12)10-14)16(20)13-4-2-8-17-11-13/h2,4,6-8,10-11,18H,3,5,9H2,1H3. The second-order valence-electron chi connectivity index (χ2n) is 5.52. The highest BCUT2D eigenvalue weighted by Gasteiger charge is 2.24. The number of fused-ring (bicyclic) bond motifs is 1. The fraction of sp³-hybridized carbons (Fsp3) is 0.250. The lowest BCUT2D eigenvalue weighted by molar-refractivity contribution is 0.0985. The third-order valence-corrected chi connectivity index (χ3v) is 4.27. The van der Waals surface area contributed by atoms with Crippen molar-refractivity contribution in [3.63, 3.8) is 0 Å². The van der Waals surface area contributed by atoms with Crippen molar-refractivity contribution in [1.82, 2.24) is 4.98 Å². The van der Waals surface area contributed by atoms with E-state index in [1.807, 2.05) is 6.07 Å². The van der Waals surface area contributed by atoms with Gasteiger partial charge in [0.15, 0.2) is 0 Å². The summed E-state index contributed by atoms with van der Waals surface area (Å²) in [5.74, 6) is -0.129. The van der Waals surface area contributed by atoms with E-state index in [1.54, 1.807) is 35.4 Å². The Hall–Kier alpha value is -2.41. The Morgan fingerprint density at radius 1 is 1.30 bits per heavy atom. The summed E-state index contributed by atoms with van der Waals surface area (Å²) in [6.45, 7) is 0.600. The number of rotatable bonds is 3. The number of nitrogens with zero attached hydrogens (tertiary/aromatic N) is 2. The molecule has 0 saturated heterocycles. The molecule has 0 saturated carbocycles. The number of hydrogen-bond donors (Lipinski definition) is 1. The summed E-state index contributed by atoms with van der Waals surface area (Å²) in [7, 11) is -3.36. The minimum atomic E-state index is -3.36. The minimum absolute atomic E-state index is 0.129. The van der Waals surface area contributed by atoms with Gasteiger partial charge in [0.05, 0.1) is 17.5 Å². The summed E-state index contributed by atoms with van der Waals surface area (Å²) in [5, 5.41) is 0. The first kappa shape index (κ1) is 15.5. The molecule has 1 amide bonds. The monoisotopic (exact) mass is 331 g/mol. The zero-order chi connectivity index (χ0) is 16.4. The highest BCUT2D eigenvalue weighted by atomic mass is 32.2. The quantitative estimate of drug-likeness (QED) is 0.933. The van der Waals surface area contributed by atoms with Crippen LogP contribution in [-0.2, 0) is 16.4 Å². The number of pyridine rings is 1. The number of carbonyl (C=O) groups is 1. The Kier molecular flexibility index (Phi) is 4.04. The zero-order valence-electron chi connectivity index (χ0n) is 12.7. The largest absolute Gasteiger partial charge is 0.308 e. The third kappa shape index (κ3) is 3.50. The maximum atomic E-state index is 12.7. The van der Waals surface area contributed by atoms with Crippen LogP contribution in [0.15, 0.2) is 42.7 Å². The maximum Gasteiger partial charge on any atom is 0.259 e. The molecule has 0 unspecified atom stereocenters. The van der Waals surface area contributed by atoms with Gasteiger partial charge in [-0.15, -0.1) is 0 Å². The molecule has 6 nitrogen and oxygen atoms in total. The van der Waals surface area contributed by atoms with Crippen LogP contribution < -0.4 is 9.62 Å². The predicted molar refractivity (Wildman–Crippen MR) is 89.1 cm³/mol. The third-order valence-electron chi connectivity index (χ3n) is 3.66. The number of hydrogen-bond acceptors (Lipinski definition) is 4. The van der Waals surface area contributed by atoms with Crippen molar-refractivity contribution >= 4 is 27.3 Å². The molecule has 0 radical (unpaired) electrons. The van der Waals surface area contributed by atoms with E-state index in [-0.39, 0.29) is 5.91 Å². The number of amides is 1. The van der Waals surface area contributed by atoms with Gasteiger partial charge in [-0.25, -0.2) is 8.42 Å². The molecule has 1 N–H and O–H groups in total. The Balaban J connectivity index is 1.97. The molecule has 0 bridgehead atoms. The smallest absolute Gasteiger partial charge is 0.259 e. The van der Waals surface area contributed by atoms with Crippen molar-refractivity contribution in [3.8, 4) is 0 Å². The fourth-order valence-corrected chi connectivity index (χ4v) is 3.26. The molecule has 0 fully saturated rings. The van der Waals surface area contributed by atoms with Crippen LogP contribution in [0.4, 0.5) is 11.4 Å². The van der Waals surface area contributed by atoms with Gasteiger partial charge in [0.25, 0.3) is 5.91 Å². The lowest BCUT2D eigenvalue weighted by Gasteiger charge is -2.30. The van der Waals surface area contributed by atoms with Crippen LogP contribution in [0.25, 0.3) is 0 Å². The van der Waals surface area contributed by atoms with Gasteiger partial charge in [-0.3, -0.25) is 14.5 Å². The van der Waals surface area contributed by atoms with Crippen LogP contribution in [0.2, 0.25) is 0 Å². The maximum absolute atomic E-state index is 12.7. The lowest BCUT2D eigenvalue weighted by atomic mass is 10.0. The number of benzene rings is 1. The topological polar surface area (TPSA) is 79.4 Å². The van der Waals surface area contributed by atoms with Crippen LogP contribution in [0.5, 0.6) is 0 Å². The molecule has 2 aromatic rings. The normalized spacial score (nSPS) is 14.2. The Labute approximate surface area is 135 Å².